The molecular weight excluding hydrogens is 216 g/mol. The first kappa shape index (κ1) is 12.2. The Morgan fingerprint density at radius 3 is 2.82 bits per heavy atom. The third-order valence-corrected chi connectivity index (χ3v) is 3.37. The molecule has 5 nitrogen and oxygen atoms in total. The van der Waals surface area contributed by atoms with Crippen molar-refractivity contribution in [2.75, 3.05) is 19.6 Å². The summed E-state index contributed by atoms with van der Waals surface area (Å²) in [4.78, 5) is 13.0. The Bertz CT molecular complexity index is 355. The fraction of sp³-hybridized carbons (Fsp3) is 0.750. The highest BCUT2D eigenvalue weighted by atomic mass is 16.1. The van der Waals surface area contributed by atoms with Crippen LogP contribution in [0.25, 0.3) is 0 Å². The summed E-state index contributed by atoms with van der Waals surface area (Å²) in [5.41, 5.74) is 0.424. The van der Waals surface area contributed by atoms with Gasteiger partial charge in [0.2, 0.25) is 0 Å². The lowest BCUT2D eigenvalue weighted by Crippen LogP contribution is -2.35. The third kappa shape index (κ3) is 3.36. The van der Waals surface area contributed by atoms with Gasteiger partial charge in [-0.1, -0.05) is 12.1 Å². The smallest absolute Gasteiger partial charge is 0.171 e. The zero-order chi connectivity index (χ0) is 12.1. The van der Waals surface area contributed by atoms with Crippen molar-refractivity contribution in [3.05, 3.63) is 11.9 Å². The van der Waals surface area contributed by atoms with Gasteiger partial charge < -0.3 is 4.90 Å². The molecule has 0 atom stereocenters. The van der Waals surface area contributed by atoms with Crippen LogP contribution in [0.4, 0.5) is 0 Å². The molecule has 94 valence electrons. The van der Waals surface area contributed by atoms with E-state index in [4.69, 9.17) is 0 Å². The Balaban J connectivity index is 1.79. The standard InChI is InChI=1S/C12H20N4O/c1-2-5-15-6-3-11(4-7-15)8-16-9-12(10-17)13-14-16/h9-11H,2-8H2,1H3. The molecule has 0 unspecified atom stereocenters. The average molecular weight is 236 g/mol. The number of piperidine rings is 1. The van der Waals surface area contributed by atoms with E-state index in [0.717, 1.165) is 12.8 Å². The molecule has 1 aromatic heterocycles. The monoisotopic (exact) mass is 236 g/mol. The summed E-state index contributed by atoms with van der Waals surface area (Å²) < 4.78 is 1.80. The molecule has 0 saturated carbocycles. The van der Waals surface area contributed by atoms with Gasteiger partial charge in [0.25, 0.3) is 0 Å². The summed E-state index contributed by atoms with van der Waals surface area (Å²) in [5.74, 6) is 0.671. The SMILES string of the molecule is CCCN1CCC(Cn2cc(C=O)nn2)CC1. The molecule has 5 heteroatoms. The van der Waals surface area contributed by atoms with Crippen molar-refractivity contribution < 1.29 is 4.79 Å². The van der Waals surface area contributed by atoms with E-state index < -0.39 is 0 Å². The maximum atomic E-state index is 10.5. The highest BCUT2D eigenvalue weighted by Crippen LogP contribution is 2.18. The summed E-state index contributed by atoms with van der Waals surface area (Å²) in [6.07, 6.45) is 6.14. The van der Waals surface area contributed by atoms with Gasteiger partial charge in [0.1, 0.15) is 5.69 Å². The molecule has 1 aromatic rings. The molecule has 1 fully saturated rings. The first-order valence-corrected chi connectivity index (χ1v) is 6.39. The summed E-state index contributed by atoms with van der Waals surface area (Å²) in [6.45, 7) is 6.70. The number of carbonyl (C=O) groups is 1. The van der Waals surface area contributed by atoms with E-state index >= 15 is 0 Å². The van der Waals surface area contributed by atoms with Crippen LogP contribution in [-0.2, 0) is 6.54 Å². The van der Waals surface area contributed by atoms with Gasteiger partial charge in [-0.3, -0.25) is 9.48 Å². The number of likely N-dealkylation sites (tertiary alicyclic amines) is 1. The van der Waals surface area contributed by atoms with Crippen LogP contribution in [0.15, 0.2) is 6.20 Å². The molecule has 2 rings (SSSR count). The number of hydrogen-bond acceptors (Lipinski definition) is 4. The Morgan fingerprint density at radius 1 is 1.47 bits per heavy atom. The second-order valence-electron chi connectivity index (χ2n) is 4.77. The molecular formula is C12H20N4O. The van der Waals surface area contributed by atoms with Gasteiger partial charge in [0, 0.05) is 6.54 Å². The van der Waals surface area contributed by atoms with Crippen LogP contribution >= 0.6 is 0 Å². The van der Waals surface area contributed by atoms with Crippen molar-refractivity contribution in [1.29, 1.82) is 0 Å². The molecule has 0 aromatic carbocycles. The van der Waals surface area contributed by atoms with Crippen LogP contribution in [0.5, 0.6) is 0 Å². The van der Waals surface area contributed by atoms with Crippen molar-refractivity contribution in [3.8, 4) is 0 Å². The normalized spacial score (nSPS) is 18.4. The molecule has 0 N–H and O–H groups in total. The Hall–Kier alpha value is -1.23. The third-order valence-electron chi connectivity index (χ3n) is 3.37. The molecule has 0 bridgehead atoms. The van der Waals surface area contributed by atoms with E-state index in [2.05, 4.69) is 22.1 Å². The van der Waals surface area contributed by atoms with Crippen molar-refractivity contribution in [1.82, 2.24) is 19.9 Å². The first-order chi connectivity index (χ1) is 8.31. The number of aldehydes is 1. The summed E-state index contributed by atoms with van der Waals surface area (Å²) >= 11 is 0. The van der Waals surface area contributed by atoms with Gasteiger partial charge in [-0.25, -0.2) is 0 Å². The minimum atomic E-state index is 0.424. The van der Waals surface area contributed by atoms with Gasteiger partial charge in [-0.15, -0.1) is 5.10 Å². The summed E-state index contributed by atoms with van der Waals surface area (Å²) in [6, 6.07) is 0. The maximum absolute atomic E-state index is 10.5. The second kappa shape index (κ2) is 5.91. The minimum Gasteiger partial charge on any atom is -0.303 e. The predicted octanol–water partition coefficient (Wildman–Crippen LogP) is 1.21. The van der Waals surface area contributed by atoms with E-state index in [1.54, 1.807) is 10.9 Å². The van der Waals surface area contributed by atoms with Gasteiger partial charge >= 0.3 is 0 Å². The molecule has 1 saturated heterocycles. The van der Waals surface area contributed by atoms with E-state index in [1.165, 1.54) is 38.9 Å². The van der Waals surface area contributed by atoms with Crippen molar-refractivity contribution in [2.24, 2.45) is 5.92 Å². The van der Waals surface area contributed by atoms with Gasteiger partial charge in [0.05, 0.1) is 6.20 Å². The summed E-state index contributed by atoms with van der Waals surface area (Å²) in [7, 11) is 0. The number of nitrogens with zero attached hydrogens (tertiary/aromatic N) is 4. The zero-order valence-corrected chi connectivity index (χ0v) is 10.4. The second-order valence-corrected chi connectivity index (χ2v) is 4.77. The Kier molecular flexibility index (Phi) is 4.25. The van der Waals surface area contributed by atoms with E-state index in [1.807, 2.05) is 0 Å². The Labute approximate surface area is 102 Å². The van der Waals surface area contributed by atoms with Crippen LogP contribution in [0.2, 0.25) is 0 Å². The maximum Gasteiger partial charge on any atom is 0.171 e. The quantitative estimate of drug-likeness (QED) is 0.721. The highest BCUT2D eigenvalue weighted by molar-refractivity contribution is 5.70. The summed E-state index contributed by atoms with van der Waals surface area (Å²) in [5, 5.41) is 7.74. The fourth-order valence-electron chi connectivity index (χ4n) is 2.43. The van der Waals surface area contributed by atoms with Gasteiger partial charge in [0.15, 0.2) is 6.29 Å². The predicted molar refractivity (Wildman–Crippen MR) is 64.9 cm³/mol. The minimum absolute atomic E-state index is 0.424. The lowest BCUT2D eigenvalue weighted by molar-refractivity contribution is 0.111. The lowest BCUT2D eigenvalue weighted by Gasteiger charge is -2.31. The van der Waals surface area contributed by atoms with Crippen LogP contribution in [0.3, 0.4) is 0 Å². The van der Waals surface area contributed by atoms with Crippen molar-refractivity contribution in [3.63, 3.8) is 0 Å². The molecule has 17 heavy (non-hydrogen) atoms. The topological polar surface area (TPSA) is 51.0 Å². The average Bonchev–Trinajstić information content (AvgIpc) is 2.80. The van der Waals surface area contributed by atoms with E-state index in [0.29, 0.717) is 11.6 Å². The van der Waals surface area contributed by atoms with E-state index in [-0.39, 0.29) is 0 Å². The zero-order valence-electron chi connectivity index (χ0n) is 10.4. The molecule has 1 aliphatic rings. The molecule has 0 radical (unpaired) electrons. The highest BCUT2D eigenvalue weighted by Gasteiger charge is 2.19. The fourth-order valence-corrected chi connectivity index (χ4v) is 2.43. The Morgan fingerprint density at radius 2 is 2.24 bits per heavy atom. The molecule has 0 spiro atoms. The van der Waals surface area contributed by atoms with E-state index in [9.17, 15) is 4.79 Å². The molecule has 0 aliphatic carbocycles. The van der Waals surface area contributed by atoms with Gasteiger partial charge in [-0.05, 0) is 44.8 Å². The van der Waals surface area contributed by atoms with Crippen LogP contribution in [0.1, 0.15) is 36.7 Å². The number of hydrogen-bond donors (Lipinski definition) is 0. The van der Waals surface area contributed by atoms with Crippen LogP contribution < -0.4 is 0 Å². The van der Waals surface area contributed by atoms with Crippen LogP contribution in [-0.4, -0.2) is 45.8 Å². The number of carbonyl (C=O) groups excluding carboxylic acids is 1. The molecule has 0 amide bonds. The number of rotatable bonds is 5. The largest absolute Gasteiger partial charge is 0.303 e. The number of aromatic nitrogens is 3. The lowest BCUT2D eigenvalue weighted by atomic mass is 9.97. The van der Waals surface area contributed by atoms with Crippen molar-refractivity contribution in [2.45, 2.75) is 32.7 Å². The van der Waals surface area contributed by atoms with Crippen LogP contribution in [0, 0.1) is 5.92 Å². The molecule has 1 aliphatic heterocycles. The first-order valence-electron chi connectivity index (χ1n) is 6.39. The van der Waals surface area contributed by atoms with Gasteiger partial charge in [-0.2, -0.15) is 0 Å². The molecule has 2 heterocycles. The van der Waals surface area contributed by atoms with Crippen molar-refractivity contribution >= 4 is 6.29 Å².